The highest BCUT2D eigenvalue weighted by molar-refractivity contribution is 5.65. The van der Waals surface area contributed by atoms with Crippen LogP contribution >= 0.6 is 0 Å². The van der Waals surface area contributed by atoms with Crippen LogP contribution in [0.1, 0.15) is 38.8 Å². The van der Waals surface area contributed by atoms with Crippen molar-refractivity contribution in [1.29, 1.82) is 0 Å². The van der Waals surface area contributed by atoms with Crippen molar-refractivity contribution in [3.05, 3.63) is 5.69 Å². The summed E-state index contributed by atoms with van der Waals surface area (Å²) in [5.41, 5.74) is 7.74. The van der Waals surface area contributed by atoms with Crippen LogP contribution < -0.4 is 11.1 Å². The highest BCUT2D eigenvalue weighted by Crippen LogP contribution is 2.29. The molecule has 0 radical (unpaired) electrons. The minimum atomic E-state index is -0.0374. The minimum absolute atomic E-state index is 0.0374. The van der Waals surface area contributed by atoms with E-state index < -0.39 is 0 Å². The van der Waals surface area contributed by atoms with Crippen molar-refractivity contribution < 1.29 is 4.74 Å². The Hall–Kier alpha value is -1.23. The molecule has 0 amide bonds. The molecule has 5 nitrogen and oxygen atoms in total. The number of hydrogen-bond donors (Lipinski definition) is 2. The fraction of sp³-hybridized carbons (Fsp3) is 0.769. The van der Waals surface area contributed by atoms with Crippen LogP contribution in [0.4, 0.5) is 11.5 Å². The van der Waals surface area contributed by atoms with E-state index in [-0.39, 0.29) is 5.54 Å². The van der Waals surface area contributed by atoms with E-state index in [4.69, 9.17) is 10.5 Å². The maximum atomic E-state index is 6.12. The van der Waals surface area contributed by atoms with E-state index in [1.54, 1.807) is 0 Å². The van der Waals surface area contributed by atoms with Crippen LogP contribution in [0.2, 0.25) is 0 Å². The van der Waals surface area contributed by atoms with Crippen LogP contribution in [0.15, 0.2) is 0 Å². The standard InChI is InChI=1S/C13H24N4O/c1-4-7-17-12(11(14)10(2)16-17)15-13(3)6-5-8-18-9-13/h15H,4-9,14H2,1-3H3. The lowest BCUT2D eigenvalue weighted by atomic mass is 9.95. The van der Waals surface area contributed by atoms with Gasteiger partial charge in [-0.2, -0.15) is 5.10 Å². The van der Waals surface area contributed by atoms with E-state index in [1.165, 1.54) is 0 Å². The Labute approximate surface area is 109 Å². The van der Waals surface area contributed by atoms with Gasteiger partial charge in [0.15, 0.2) is 0 Å². The van der Waals surface area contributed by atoms with E-state index >= 15 is 0 Å². The molecule has 3 N–H and O–H groups in total. The van der Waals surface area contributed by atoms with Crippen LogP contribution in [0, 0.1) is 6.92 Å². The Kier molecular flexibility index (Phi) is 3.80. The lowest BCUT2D eigenvalue weighted by Crippen LogP contribution is -2.43. The van der Waals surface area contributed by atoms with E-state index in [1.807, 2.05) is 11.6 Å². The van der Waals surface area contributed by atoms with Crippen molar-refractivity contribution in [2.24, 2.45) is 0 Å². The average Bonchev–Trinajstić information content (AvgIpc) is 2.58. The van der Waals surface area contributed by atoms with Gasteiger partial charge in [0, 0.05) is 13.2 Å². The number of anilines is 2. The monoisotopic (exact) mass is 252 g/mol. The van der Waals surface area contributed by atoms with Crippen LogP contribution in [0.3, 0.4) is 0 Å². The van der Waals surface area contributed by atoms with Gasteiger partial charge >= 0.3 is 0 Å². The van der Waals surface area contributed by atoms with Gasteiger partial charge in [0.25, 0.3) is 0 Å². The third kappa shape index (κ3) is 2.61. The van der Waals surface area contributed by atoms with Crippen LogP contribution in [-0.2, 0) is 11.3 Å². The number of nitrogens with two attached hydrogens (primary N) is 1. The smallest absolute Gasteiger partial charge is 0.148 e. The lowest BCUT2D eigenvalue weighted by molar-refractivity contribution is 0.0537. The number of hydrogen-bond acceptors (Lipinski definition) is 4. The number of nitrogen functional groups attached to an aromatic ring is 1. The molecule has 1 aromatic heterocycles. The molecule has 2 rings (SSSR count). The van der Waals surface area contributed by atoms with Gasteiger partial charge < -0.3 is 15.8 Å². The number of aryl methyl sites for hydroxylation is 2. The summed E-state index contributed by atoms with van der Waals surface area (Å²) in [6.45, 7) is 8.75. The largest absolute Gasteiger partial charge is 0.394 e. The van der Waals surface area contributed by atoms with Gasteiger partial charge in [-0.05, 0) is 33.1 Å². The van der Waals surface area contributed by atoms with Gasteiger partial charge in [-0.15, -0.1) is 0 Å². The predicted octanol–water partition coefficient (Wildman–Crippen LogP) is 2.16. The second kappa shape index (κ2) is 5.18. The summed E-state index contributed by atoms with van der Waals surface area (Å²) in [5.74, 6) is 0.947. The molecule has 0 aliphatic carbocycles. The van der Waals surface area contributed by atoms with Gasteiger partial charge in [-0.25, -0.2) is 4.68 Å². The second-order valence-electron chi connectivity index (χ2n) is 5.41. The fourth-order valence-corrected chi connectivity index (χ4v) is 2.42. The summed E-state index contributed by atoms with van der Waals surface area (Å²) in [4.78, 5) is 0. The first kappa shape index (κ1) is 13.2. The SMILES string of the molecule is CCCn1nc(C)c(N)c1NC1(C)CCCOC1. The molecule has 1 atom stereocenters. The fourth-order valence-electron chi connectivity index (χ4n) is 2.42. The molecule has 18 heavy (non-hydrogen) atoms. The Morgan fingerprint density at radius 3 is 2.94 bits per heavy atom. The first-order chi connectivity index (χ1) is 8.56. The molecule has 0 spiro atoms. The van der Waals surface area contributed by atoms with Crippen LogP contribution in [0.5, 0.6) is 0 Å². The van der Waals surface area contributed by atoms with Gasteiger partial charge in [-0.1, -0.05) is 6.92 Å². The van der Waals surface area contributed by atoms with Crippen molar-refractivity contribution in [2.45, 2.75) is 52.1 Å². The van der Waals surface area contributed by atoms with Gasteiger partial charge in [0.1, 0.15) is 5.82 Å². The van der Waals surface area contributed by atoms with E-state index in [0.717, 1.165) is 56.2 Å². The highest BCUT2D eigenvalue weighted by Gasteiger charge is 2.29. The molecule has 102 valence electrons. The Morgan fingerprint density at radius 1 is 1.56 bits per heavy atom. The number of nitrogens with zero attached hydrogens (tertiary/aromatic N) is 2. The third-order valence-corrected chi connectivity index (χ3v) is 3.47. The van der Waals surface area contributed by atoms with Gasteiger partial charge in [-0.3, -0.25) is 0 Å². The topological polar surface area (TPSA) is 65.1 Å². The molecule has 0 aromatic carbocycles. The van der Waals surface area contributed by atoms with Gasteiger partial charge in [0.05, 0.1) is 23.5 Å². The molecule has 1 aliphatic heterocycles. The Bertz CT molecular complexity index is 407. The molecule has 1 aromatic rings. The Balaban J connectivity index is 2.21. The lowest BCUT2D eigenvalue weighted by Gasteiger charge is -2.35. The zero-order chi connectivity index (χ0) is 13.2. The molecule has 5 heteroatoms. The summed E-state index contributed by atoms with van der Waals surface area (Å²) in [7, 11) is 0. The maximum absolute atomic E-state index is 6.12. The second-order valence-corrected chi connectivity index (χ2v) is 5.41. The number of aromatic nitrogens is 2. The quantitative estimate of drug-likeness (QED) is 0.862. The molecule has 1 unspecified atom stereocenters. The normalized spacial score (nSPS) is 24.2. The Morgan fingerprint density at radius 2 is 2.33 bits per heavy atom. The van der Waals surface area contributed by atoms with Crippen molar-refractivity contribution in [2.75, 3.05) is 24.3 Å². The average molecular weight is 252 g/mol. The molecule has 1 saturated heterocycles. The first-order valence-corrected chi connectivity index (χ1v) is 6.74. The number of rotatable bonds is 4. The summed E-state index contributed by atoms with van der Waals surface area (Å²) >= 11 is 0. The molecular formula is C13H24N4O. The minimum Gasteiger partial charge on any atom is -0.394 e. The molecule has 0 saturated carbocycles. The molecular weight excluding hydrogens is 228 g/mol. The molecule has 0 bridgehead atoms. The third-order valence-electron chi connectivity index (χ3n) is 3.47. The van der Waals surface area contributed by atoms with Gasteiger partial charge in [0.2, 0.25) is 0 Å². The van der Waals surface area contributed by atoms with E-state index in [9.17, 15) is 0 Å². The zero-order valence-electron chi connectivity index (χ0n) is 11.6. The summed E-state index contributed by atoms with van der Waals surface area (Å²) < 4.78 is 7.55. The van der Waals surface area contributed by atoms with Crippen molar-refractivity contribution >= 4 is 11.5 Å². The molecule has 1 fully saturated rings. The van der Waals surface area contributed by atoms with E-state index in [0.29, 0.717) is 0 Å². The highest BCUT2D eigenvalue weighted by atomic mass is 16.5. The number of ether oxygens (including phenoxy) is 1. The van der Waals surface area contributed by atoms with Crippen molar-refractivity contribution in [3.63, 3.8) is 0 Å². The molecule has 1 aliphatic rings. The molecule has 2 heterocycles. The van der Waals surface area contributed by atoms with Crippen molar-refractivity contribution in [1.82, 2.24) is 9.78 Å². The summed E-state index contributed by atoms with van der Waals surface area (Å²) in [6, 6.07) is 0. The van der Waals surface area contributed by atoms with Crippen LogP contribution in [-0.4, -0.2) is 28.5 Å². The summed E-state index contributed by atoms with van der Waals surface area (Å²) in [5, 5.41) is 8.04. The van der Waals surface area contributed by atoms with Crippen LogP contribution in [0.25, 0.3) is 0 Å². The van der Waals surface area contributed by atoms with Crippen molar-refractivity contribution in [3.8, 4) is 0 Å². The summed E-state index contributed by atoms with van der Waals surface area (Å²) in [6.07, 6.45) is 3.23. The number of nitrogens with one attached hydrogen (secondary N) is 1. The van der Waals surface area contributed by atoms with E-state index in [2.05, 4.69) is 24.3 Å². The first-order valence-electron chi connectivity index (χ1n) is 6.74. The predicted molar refractivity (Wildman–Crippen MR) is 73.7 cm³/mol. The zero-order valence-corrected chi connectivity index (χ0v) is 11.6. The maximum Gasteiger partial charge on any atom is 0.148 e.